The fourth-order valence-corrected chi connectivity index (χ4v) is 3.94. The van der Waals surface area contributed by atoms with Crippen LogP contribution >= 0.6 is 27.7 Å². The van der Waals surface area contributed by atoms with Crippen LogP contribution in [0, 0.1) is 20.8 Å². The van der Waals surface area contributed by atoms with Gasteiger partial charge in [-0.05, 0) is 73.9 Å². The van der Waals surface area contributed by atoms with Crippen LogP contribution in [0.5, 0.6) is 0 Å². The zero-order chi connectivity index (χ0) is 22.5. The summed E-state index contributed by atoms with van der Waals surface area (Å²) in [7, 11) is 1.36. The highest BCUT2D eigenvalue weighted by molar-refractivity contribution is 9.10. The van der Waals surface area contributed by atoms with E-state index in [9.17, 15) is 9.59 Å². The maximum absolute atomic E-state index is 12.5. The third kappa shape index (κ3) is 6.21. The van der Waals surface area contributed by atoms with Crippen LogP contribution in [0.1, 0.15) is 23.1 Å². The fourth-order valence-electron chi connectivity index (χ4n) is 2.96. The van der Waals surface area contributed by atoms with Crippen LogP contribution in [0.3, 0.4) is 0 Å². The summed E-state index contributed by atoms with van der Waals surface area (Å²) in [4.78, 5) is 29.0. The predicted octanol–water partition coefficient (Wildman–Crippen LogP) is 5.65. The van der Waals surface area contributed by atoms with E-state index in [-0.39, 0.29) is 24.1 Å². The largest absolute Gasteiger partial charge is 0.469 e. The molecule has 0 unspecified atom stereocenters. The van der Waals surface area contributed by atoms with E-state index in [1.54, 1.807) is 6.08 Å². The number of hydrogen-bond acceptors (Lipinski definition) is 6. The molecule has 6 nitrogen and oxygen atoms in total. The van der Waals surface area contributed by atoms with Crippen molar-refractivity contribution in [3.05, 3.63) is 63.3 Å². The lowest BCUT2D eigenvalue weighted by molar-refractivity contribution is -0.139. The second-order valence-electron chi connectivity index (χ2n) is 7.25. The van der Waals surface area contributed by atoms with Crippen LogP contribution in [-0.2, 0) is 14.3 Å². The maximum Gasteiger partial charge on any atom is 0.311 e. The molecule has 0 aliphatic carbocycles. The smallest absolute Gasteiger partial charge is 0.311 e. The van der Waals surface area contributed by atoms with E-state index in [2.05, 4.69) is 26.6 Å². The molecule has 1 amide bonds. The lowest BCUT2D eigenvalue weighted by Gasteiger charge is -2.12. The molecule has 1 aliphatic rings. The minimum Gasteiger partial charge on any atom is -0.469 e. The molecule has 0 aromatic heterocycles. The summed E-state index contributed by atoms with van der Waals surface area (Å²) in [6.45, 7) is 6.02. The summed E-state index contributed by atoms with van der Waals surface area (Å²) < 4.78 is 5.80. The van der Waals surface area contributed by atoms with Gasteiger partial charge >= 0.3 is 5.97 Å². The van der Waals surface area contributed by atoms with Crippen molar-refractivity contribution in [3.63, 3.8) is 0 Å². The summed E-state index contributed by atoms with van der Waals surface area (Å²) in [6.07, 6.45) is 1.89. The fraction of sp³-hybridized carbons (Fsp3) is 0.261. The van der Waals surface area contributed by atoms with E-state index >= 15 is 0 Å². The highest BCUT2D eigenvalue weighted by atomic mass is 79.9. The molecule has 1 aliphatic heterocycles. The number of rotatable bonds is 5. The summed E-state index contributed by atoms with van der Waals surface area (Å²) >= 11 is 4.78. The zero-order valence-electron chi connectivity index (χ0n) is 17.8. The van der Waals surface area contributed by atoms with Gasteiger partial charge in [0.1, 0.15) is 0 Å². The summed E-state index contributed by atoms with van der Waals surface area (Å²) in [6, 6.07) is 9.67. The molecule has 0 radical (unpaired) electrons. The van der Waals surface area contributed by atoms with Crippen LogP contribution in [0.2, 0.25) is 0 Å². The van der Waals surface area contributed by atoms with Crippen molar-refractivity contribution in [3.8, 4) is 0 Å². The molecular formula is C23H24BrN3O3S. The molecule has 2 aromatic rings. The van der Waals surface area contributed by atoms with Crippen LogP contribution < -0.4 is 10.6 Å². The van der Waals surface area contributed by atoms with Crippen molar-refractivity contribution in [1.29, 1.82) is 0 Å². The molecule has 0 bridgehead atoms. The van der Waals surface area contributed by atoms with Gasteiger partial charge in [0, 0.05) is 15.9 Å². The molecule has 1 heterocycles. The minimum atomic E-state index is -0.348. The quantitative estimate of drug-likeness (QED) is 0.517. The monoisotopic (exact) mass is 501 g/mol. The molecule has 0 saturated heterocycles. The van der Waals surface area contributed by atoms with Gasteiger partial charge in [-0.2, -0.15) is 0 Å². The van der Waals surface area contributed by atoms with Crippen LogP contribution in [0.25, 0.3) is 0 Å². The van der Waals surface area contributed by atoms with Crippen molar-refractivity contribution in [1.82, 2.24) is 0 Å². The number of thioether (sulfide) groups is 1. The predicted molar refractivity (Wildman–Crippen MR) is 131 cm³/mol. The summed E-state index contributed by atoms with van der Waals surface area (Å²) in [5.74, 6) is -0.288. The summed E-state index contributed by atoms with van der Waals surface area (Å²) in [5, 5.41) is 6.85. The topological polar surface area (TPSA) is 79.8 Å². The van der Waals surface area contributed by atoms with Crippen molar-refractivity contribution in [2.45, 2.75) is 27.2 Å². The maximum atomic E-state index is 12.5. The molecule has 2 N–H and O–H groups in total. The number of halogens is 1. The molecule has 3 rings (SSSR count). The number of carbonyl (C=O) groups excluding carboxylic acids is 2. The van der Waals surface area contributed by atoms with Crippen molar-refractivity contribution >= 4 is 61.7 Å². The molecule has 2 aromatic carbocycles. The van der Waals surface area contributed by atoms with E-state index in [0.29, 0.717) is 10.7 Å². The number of aliphatic imine (C=N–C) groups is 1. The van der Waals surface area contributed by atoms with Gasteiger partial charge in [-0.1, -0.05) is 27.7 Å². The number of carbonyl (C=O) groups is 2. The first kappa shape index (κ1) is 23.1. The van der Waals surface area contributed by atoms with Gasteiger partial charge in [-0.25, -0.2) is 4.99 Å². The van der Waals surface area contributed by atoms with Crippen molar-refractivity contribution < 1.29 is 14.3 Å². The molecule has 0 atom stereocenters. The number of hydrogen-bond donors (Lipinski definition) is 2. The molecule has 0 fully saturated rings. The first-order valence-corrected chi connectivity index (χ1v) is 11.5. The molecule has 0 spiro atoms. The van der Waals surface area contributed by atoms with Gasteiger partial charge in [0.2, 0.25) is 5.91 Å². The third-order valence-electron chi connectivity index (χ3n) is 4.79. The normalized spacial score (nSPS) is 12.7. The number of esters is 1. The average molecular weight is 502 g/mol. The molecule has 162 valence electrons. The molecule has 0 saturated carbocycles. The third-order valence-corrected chi connectivity index (χ3v) is 6.59. The number of nitrogens with one attached hydrogen (secondary N) is 2. The number of nitrogens with zero attached hydrogens (tertiary/aromatic N) is 1. The Morgan fingerprint density at radius 1 is 1.13 bits per heavy atom. The van der Waals surface area contributed by atoms with Crippen LogP contribution in [-0.4, -0.2) is 29.8 Å². The van der Waals surface area contributed by atoms with Gasteiger partial charge < -0.3 is 15.4 Å². The Kier molecular flexibility index (Phi) is 7.56. The standard InChI is InChI=1S/C23H24BrN3O3S/c1-13-8-19-20(9-14(13)2)27-22(10-17(25-19)11-23(29)30-4)31-12-21(28)26-16-5-6-18(24)15(3)7-16/h5-10,25H,11-12H2,1-4H3,(H,26,28). The number of ether oxygens (including phenoxy) is 1. The van der Waals surface area contributed by atoms with Crippen LogP contribution in [0.15, 0.2) is 51.6 Å². The van der Waals surface area contributed by atoms with Gasteiger partial charge in [0.05, 0.1) is 35.7 Å². The Labute approximate surface area is 194 Å². The van der Waals surface area contributed by atoms with Gasteiger partial charge in [-0.15, -0.1) is 0 Å². The minimum absolute atomic E-state index is 0.0901. The zero-order valence-corrected chi connectivity index (χ0v) is 20.2. The first-order valence-electron chi connectivity index (χ1n) is 9.68. The number of anilines is 2. The van der Waals surface area contributed by atoms with E-state index in [1.165, 1.54) is 18.9 Å². The Balaban J connectivity index is 1.78. The number of methoxy groups -OCH3 is 1. The Hall–Kier alpha value is -2.58. The van der Waals surface area contributed by atoms with E-state index < -0.39 is 0 Å². The van der Waals surface area contributed by atoms with E-state index in [0.717, 1.165) is 38.2 Å². The number of aryl methyl sites for hydroxylation is 3. The van der Waals surface area contributed by atoms with Crippen molar-refractivity contribution in [2.75, 3.05) is 23.5 Å². The highest BCUT2D eigenvalue weighted by Crippen LogP contribution is 2.34. The Morgan fingerprint density at radius 2 is 1.87 bits per heavy atom. The number of amides is 1. The second kappa shape index (κ2) is 10.2. The average Bonchev–Trinajstić information content (AvgIpc) is 2.88. The lowest BCUT2D eigenvalue weighted by Crippen LogP contribution is -2.15. The molecule has 8 heteroatoms. The van der Waals surface area contributed by atoms with Gasteiger partial charge in [0.15, 0.2) is 0 Å². The van der Waals surface area contributed by atoms with Crippen molar-refractivity contribution in [2.24, 2.45) is 4.99 Å². The van der Waals surface area contributed by atoms with Crippen LogP contribution in [0.4, 0.5) is 17.1 Å². The first-order chi connectivity index (χ1) is 14.7. The van der Waals surface area contributed by atoms with Gasteiger partial charge in [-0.3, -0.25) is 9.59 Å². The lowest BCUT2D eigenvalue weighted by atomic mass is 10.1. The molecule has 31 heavy (non-hydrogen) atoms. The Morgan fingerprint density at radius 3 is 2.58 bits per heavy atom. The highest BCUT2D eigenvalue weighted by Gasteiger charge is 2.16. The summed E-state index contributed by atoms with van der Waals surface area (Å²) in [5.41, 5.74) is 6.29. The van der Waals surface area contributed by atoms with E-state index in [1.807, 2.05) is 51.1 Å². The SMILES string of the molecule is COC(=O)CC1=CC(SCC(=O)Nc2ccc(Br)c(C)c2)=Nc2cc(C)c(C)cc2N1. The number of fused-ring (bicyclic) bond motifs is 1. The van der Waals surface area contributed by atoms with Gasteiger partial charge in [0.25, 0.3) is 0 Å². The number of benzene rings is 2. The second-order valence-corrected chi connectivity index (χ2v) is 9.10. The Bertz CT molecular complexity index is 1100. The molecular weight excluding hydrogens is 478 g/mol. The van der Waals surface area contributed by atoms with E-state index in [4.69, 9.17) is 9.73 Å².